The van der Waals surface area contributed by atoms with Crippen molar-refractivity contribution in [2.24, 2.45) is 5.73 Å². The van der Waals surface area contributed by atoms with E-state index in [-0.39, 0.29) is 22.3 Å². The quantitative estimate of drug-likeness (QED) is 0.883. The monoisotopic (exact) mass is 241 g/mol. The normalized spacial score (nSPS) is 10.7. The minimum absolute atomic E-state index is 0.0767. The lowest BCUT2D eigenvalue weighted by atomic mass is 10.2. The predicted molar refractivity (Wildman–Crippen MR) is 51.0 cm³/mol. The Morgan fingerprint density at radius 2 is 1.79 bits per heavy atom. The van der Waals surface area contributed by atoms with Gasteiger partial charge in [-0.05, 0) is 12.1 Å². The third-order valence-electron chi connectivity index (χ3n) is 1.54. The lowest BCUT2D eigenvalue weighted by Crippen LogP contribution is -2.03. The van der Waals surface area contributed by atoms with Gasteiger partial charge in [0, 0.05) is 12.1 Å². The first kappa shape index (κ1) is 11.5. The molecule has 1 aromatic rings. The Morgan fingerprint density at radius 1 is 1.29 bits per heavy atom. The number of hydrogen-bond acceptors (Lipinski definition) is 2. The van der Waals surface area contributed by atoms with Gasteiger partial charge in [0.05, 0.1) is 10.0 Å². The molecule has 1 aromatic carbocycles. The van der Waals surface area contributed by atoms with E-state index in [0.717, 1.165) is 0 Å². The second-order valence-corrected chi connectivity index (χ2v) is 3.26. The zero-order chi connectivity index (χ0) is 10.7. The first-order chi connectivity index (χ1) is 6.54. The van der Waals surface area contributed by atoms with Crippen molar-refractivity contribution in [3.8, 4) is 5.75 Å². The molecule has 0 radical (unpaired) electrons. The highest BCUT2D eigenvalue weighted by atomic mass is 35.5. The lowest BCUT2D eigenvalue weighted by molar-refractivity contribution is -0.0498. The zero-order valence-electron chi connectivity index (χ0n) is 6.94. The molecule has 0 aliphatic heterocycles. The van der Waals surface area contributed by atoms with Crippen LogP contribution >= 0.6 is 23.2 Å². The fourth-order valence-corrected chi connectivity index (χ4v) is 1.57. The van der Waals surface area contributed by atoms with Crippen LogP contribution in [0.25, 0.3) is 0 Å². The second-order valence-electron chi connectivity index (χ2n) is 2.45. The fraction of sp³-hybridized carbons (Fsp3) is 0.250. The average Bonchev–Trinajstić information content (AvgIpc) is 2.01. The number of halogens is 4. The summed E-state index contributed by atoms with van der Waals surface area (Å²) in [5, 5.41) is 0.436. The molecule has 0 fully saturated rings. The molecule has 0 saturated heterocycles. The van der Waals surface area contributed by atoms with Crippen LogP contribution in [0.3, 0.4) is 0 Å². The number of rotatable bonds is 3. The number of hydrogen-bond donors (Lipinski definition) is 1. The number of ether oxygens (including phenoxy) is 1. The van der Waals surface area contributed by atoms with Crippen molar-refractivity contribution in [3.05, 3.63) is 27.7 Å². The van der Waals surface area contributed by atoms with E-state index >= 15 is 0 Å². The summed E-state index contributed by atoms with van der Waals surface area (Å²) in [6, 6.07) is 2.50. The Hall–Kier alpha value is -0.580. The van der Waals surface area contributed by atoms with Crippen LogP contribution in [0.1, 0.15) is 5.56 Å². The van der Waals surface area contributed by atoms with Crippen molar-refractivity contribution in [1.29, 1.82) is 0 Å². The van der Waals surface area contributed by atoms with E-state index in [1.165, 1.54) is 12.1 Å². The van der Waals surface area contributed by atoms with Gasteiger partial charge in [0.1, 0.15) is 5.75 Å². The predicted octanol–water partition coefficient (Wildman–Crippen LogP) is 3.05. The minimum Gasteiger partial charge on any atom is -0.435 e. The molecule has 1 rings (SSSR count). The van der Waals surface area contributed by atoms with Gasteiger partial charge in [0.25, 0.3) is 0 Å². The molecule has 2 nitrogen and oxygen atoms in total. The highest BCUT2D eigenvalue weighted by molar-refractivity contribution is 6.36. The van der Waals surface area contributed by atoms with Crippen molar-refractivity contribution in [3.63, 3.8) is 0 Å². The maximum absolute atomic E-state index is 11.8. The van der Waals surface area contributed by atoms with E-state index in [2.05, 4.69) is 4.74 Å². The molecule has 78 valence electrons. The van der Waals surface area contributed by atoms with E-state index in [1.54, 1.807) is 0 Å². The third-order valence-corrected chi connectivity index (χ3v) is 2.22. The standard InChI is InChI=1S/C8H7Cl2F2NO/c9-6-1-4(14-8(11)12)2-7(10)5(6)3-13/h1-2,8H,3,13H2. The van der Waals surface area contributed by atoms with Gasteiger partial charge in [-0.25, -0.2) is 0 Å². The number of nitrogens with two attached hydrogens (primary N) is 1. The van der Waals surface area contributed by atoms with E-state index in [9.17, 15) is 8.78 Å². The maximum Gasteiger partial charge on any atom is 0.387 e. The van der Waals surface area contributed by atoms with Crippen LogP contribution in [-0.2, 0) is 6.54 Å². The van der Waals surface area contributed by atoms with Crippen molar-refractivity contribution >= 4 is 23.2 Å². The molecular weight excluding hydrogens is 235 g/mol. The largest absolute Gasteiger partial charge is 0.435 e. The van der Waals surface area contributed by atoms with Gasteiger partial charge in [-0.1, -0.05) is 23.2 Å². The summed E-state index contributed by atoms with van der Waals surface area (Å²) >= 11 is 11.5. The Kier molecular flexibility index (Phi) is 3.92. The molecule has 0 aliphatic carbocycles. The second kappa shape index (κ2) is 4.77. The first-order valence-corrected chi connectivity index (χ1v) is 4.43. The van der Waals surface area contributed by atoms with Crippen molar-refractivity contribution in [2.45, 2.75) is 13.2 Å². The molecule has 0 unspecified atom stereocenters. The van der Waals surface area contributed by atoms with Crippen LogP contribution in [0.4, 0.5) is 8.78 Å². The highest BCUT2D eigenvalue weighted by Gasteiger charge is 2.10. The summed E-state index contributed by atoms with van der Waals surface area (Å²) in [7, 11) is 0. The van der Waals surface area contributed by atoms with Gasteiger partial charge in [0.15, 0.2) is 0 Å². The molecular formula is C8H7Cl2F2NO. The molecule has 2 N–H and O–H groups in total. The fourth-order valence-electron chi connectivity index (χ4n) is 0.946. The van der Waals surface area contributed by atoms with Gasteiger partial charge in [-0.15, -0.1) is 0 Å². The molecule has 6 heteroatoms. The van der Waals surface area contributed by atoms with Crippen LogP contribution in [0.5, 0.6) is 5.75 Å². The van der Waals surface area contributed by atoms with Crippen LogP contribution < -0.4 is 10.5 Å². The van der Waals surface area contributed by atoms with Crippen molar-refractivity contribution in [2.75, 3.05) is 0 Å². The van der Waals surface area contributed by atoms with Gasteiger partial charge in [-0.2, -0.15) is 8.78 Å². The molecule has 0 spiro atoms. The van der Waals surface area contributed by atoms with Crippen LogP contribution in [0.2, 0.25) is 10.0 Å². The Balaban J connectivity index is 3.01. The van der Waals surface area contributed by atoms with Crippen LogP contribution in [0, 0.1) is 0 Å². The topological polar surface area (TPSA) is 35.2 Å². The minimum atomic E-state index is -2.90. The van der Waals surface area contributed by atoms with Gasteiger partial charge in [0.2, 0.25) is 0 Å². The molecule has 0 aromatic heterocycles. The molecule has 0 saturated carbocycles. The van der Waals surface area contributed by atoms with E-state index in [0.29, 0.717) is 5.56 Å². The lowest BCUT2D eigenvalue weighted by Gasteiger charge is -2.08. The third kappa shape index (κ3) is 2.70. The molecule has 0 bridgehead atoms. The Labute approximate surface area is 89.6 Å². The molecule has 14 heavy (non-hydrogen) atoms. The highest BCUT2D eigenvalue weighted by Crippen LogP contribution is 2.30. The molecule has 0 heterocycles. The zero-order valence-corrected chi connectivity index (χ0v) is 8.45. The van der Waals surface area contributed by atoms with Gasteiger partial charge >= 0.3 is 6.61 Å². The van der Waals surface area contributed by atoms with Crippen molar-refractivity contribution < 1.29 is 13.5 Å². The Morgan fingerprint density at radius 3 is 2.14 bits per heavy atom. The maximum atomic E-state index is 11.8. The smallest absolute Gasteiger partial charge is 0.387 e. The average molecular weight is 242 g/mol. The van der Waals surface area contributed by atoms with E-state index < -0.39 is 6.61 Å². The number of benzene rings is 1. The summed E-state index contributed by atoms with van der Waals surface area (Å²) in [4.78, 5) is 0. The van der Waals surface area contributed by atoms with Gasteiger partial charge in [-0.3, -0.25) is 0 Å². The summed E-state index contributed by atoms with van der Waals surface area (Å²) in [5.41, 5.74) is 5.85. The van der Waals surface area contributed by atoms with Crippen LogP contribution in [-0.4, -0.2) is 6.61 Å². The van der Waals surface area contributed by atoms with E-state index in [4.69, 9.17) is 28.9 Å². The molecule has 0 aliphatic rings. The van der Waals surface area contributed by atoms with E-state index in [1.807, 2.05) is 0 Å². The summed E-state index contributed by atoms with van der Waals surface area (Å²) in [6.45, 7) is -2.75. The SMILES string of the molecule is NCc1c(Cl)cc(OC(F)F)cc1Cl. The number of alkyl halides is 2. The van der Waals surface area contributed by atoms with Crippen LogP contribution in [0.15, 0.2) is 12.1 Å². The van der Waals surface area contributed by atoms with Crippen molar-refractivity contribution in [1.82, 2.24) is 0 Å². The summed E-state index contributed by atoms with van der Waals surface area (Å²) < 4.78 is 27.8. The Bertz CT molecular complexity index is 310. The molecule has 0 amide bonds. The first-order valence-electron chi connectivity index (χ1n) is 3.67. The summed E-state index contributed by atoms with van der Waals surface area (Å²) in [5.74, 6) is -0.0767. The summed E-state index contributed by atoms with van der Waals surface area (Å²) in [6.07, 6.45) is 0. The van der Waals surface area contributed by atoms with Gasteiger partial charge < -0.3 is 10.5 Å². The molecule has 0 atom stereocenters.